The molecule has 1 aromatic heterocycles. The highest BCUT2D eigenvalue weighted by Crippen LogP contribution is 2.13. The van der Waals surface area contributed by atoms with Crippen LogP contribution in [0.1, 0.15) is 30.2 Å². The van der Waals surface area contributed by atoms with Crippen LogP contribution in [0.4, 0.5) is 0 Å². The standard InChI is InChI=1S/C15H17N3O2/c1-11-10-18-15(20-11)12(2)17-7-8-19-14-5-3-13(9-16)4-6-14/h3-6,10,12,17H,7-8H2,1-2H3. The van der Waals surface area contributed by atoms with Crippen LogP contribution >= 0.6 is 0 Å². The second-order valence-corrected chi connectivity index (χ2v) is 4.47. The molecule has 1 aromatic carbocycles. The first kappa shape index (κ1) is 14.1. The maximum atomic E-state index is 8.70. The SMILES string of the molecule is Cc1cnc(C(C)NCCOc2ccc(C#N)cc2)o1. The zero-order valence-corrected chi connectivity index (χ0v) is 11.6. The molecule has 1 heterocycles. The molecule has 5 heteroatoms. The Bertz CT molecular complexity index is 584. The second kappa shape index (κ2) is 6.73. The number of benzene rings is 1. The molecule has 5 nitrogen and oxygen atoms in total. The summed E-state index contributed by atoms with van der Waals surface area (Å²) in [5.74, 6) is 2.24. The smallest absolute Gasteiger partial charge is 0.211 e. The molecule has 0 aliphatic heterocycles. The number of aryl methyl sites for hydroxylation is 1. The fourth-order valence-electron chi connectivity index (χ4n) is 1.73. The number of nitrogens with one attached hydrogen (secondary N) is 1. The highest BCUT2D eigenvalue weighted by atomic mass is 16.5. The molecule has 2 aromatic rings. The normalized spacial score (nSPS) is 11.8. The van der Waals surface area contributed by atoms with Gasteiger partial charge in [0, 0.05) is 6.54 Å². The Morgan fingerprint density at radius 3 is 2.75 bits per heavy atom. The molecule has 0 fully saturated rings. The monoisotopic (exact) mass is 271 g/mol. The van der Waals surface area contributed by atoms with Crippen molar-refractivity contribution in [3.8, 4) is 11.8 Å². The third kappa shape index (κ3) is 3.84. The van der Waals surface area contributed by atoms with Gasteiger partial charge in [-0.15, -0.1) is 0 Å². The molecule has 1 unspecified atom stereocenters. The van der Waals surface area contributed by atoms with Crippen molar-refractivity contribution in [3.63, 3.8) is 0 Å². The minimum atomic E-state index is 0.0493. The maximum Gasteiger partial charge on any atom is 0.211 e. The molecule has 0 bridgehead atoms. The van der Waals surface area contributed by atoms with E-state index in [0.29, 0.717) is 24.6 Å². The Balaban J connectivity index is 1.72. The van der Waals surface area contributed by atoms with E-state index in [1.54, 1.807) is 30.5 Å². The number of rotatable bonds is 6. The topological polar surface area (TPSA) is 71.1 Å². The lowest BCUT2D eigenvalue weighted by Crippen LogP contribution is -2.24. The van der Waals surface area contributed by atoms with Crippen molar-refractivity contribution in [3.05, 3.63) is 47.7 Å². The fraction of sp³-hybridized carbons (Fsp3) is 0.333. The van der Waals surface area contributed by atoms with Crippen LogP contribution < -0.4 is 10.1 Å². The van der Waals surface area contributed by atoms with Crippen molar-refractivity contribution in [1.29, 1.82) is 5.26 Å². The highest BCUT2D eigenvalue weighted by molar-refractivity contribution is 5.34. The molecule has 1 atom stereocenters. The first-order valence-electron chi connectivity index (χ1n) is 6.47. The van der Waals surface area contributed by atoms with Crippen LogP contribution in [-0.2, 0) is 0 Å². The third-order valence-corrected chi connectivity index (χ3v) is 2.81. The molecule has 0 amide bonds. The number of nitriles is 1. The van der Waals surface area contributed by atoms with Gasteiger partial charge >= 0.3 is 0 Å². The lowest BCUT2D eigenvalue weighted by Gasteiger charge is -2.11. The van der Waals surface area contributed by atoms with Gasteiger partial charge in [0.15, 0.2) is 0 Å². The molecule has 0 saturated heterocycles. The van der Waals surface area contributed by atoms with Crippen LogP contribution in [-0.4, -0.2) is 18.1 Å². The number of ether oxygens (including phenoxy) is 1. The lowest BCUT2D eigenvalue weighted by atomic mass is 10.2. The van der Waals surface area contributed by atoms with Crippen LogP contribution in [0, 0.1) is 18.3 Å². The number of aromatic nitrogens is 1. The lowest BCUT2D eigenvalue weighted by molar-refractivity contribution is 0.299. The summed E-state index contributed by atoms with van der Waals surface area (Å²) in [5, 5.41) is 12.0. The Morgan fingerprint density at radius 2 is 2.15 bits per heavy atom. The Labute approximate surface area is 118 Å². The van der Waals surface area contributed by atoms with Crippen molar-refractivity contribution in [2.45, 2.75) is 19.9 Å². The van der Waals surface area contributed by atoms with Gasteiger partial charge in [0.05, 0.1) is 23.9 Å². The predicted molar refractivity (Wildman–Crippen MR) is 74.3 cm³/mol. The van der Waals surface area contributed by atoms with Crippen molar-refractivity contribution in [1.82, 2.24) is 10.3 Å². The number of hydrogen-bond acceptors (Lipinski definition) is 5. The van der Waals surface area contributed by atoms with E-state index < -0.39 is 0 Å². The summed E-state index contributed by atoms with van der Waals surface area (Å²) in [6.07, 6.45) is 1.71. The van der Waals surface area contributed by atoms with Crippen molar-refractivity contribution >= 4 is 0 Å². The van der Waals surface area contributed by atoms with Crippen LogP contribution in [0.3, 0.4) is 0 Å². The van der Waals surface area contributed by atoms with Crippen LogP contribution in [0.5, 0.6) is 5.75 Å². The predicted octanol–water partition coefficient (Wildman–Crippen LogP) is 2.58. The molecule has 0 saturated carbocycles. The molecule has 0 spiro atoms. The molecule has 0 aliphatic rings. The van der Waals surface area contributed by atoms with E-state index in [2.05, 4.69) is 16.4 Å². The first-order valence-corrected chi connectivity index (χ1v) is 6.47. The minimum absolute atomic E-state index is 0.0493. The van der Waals surface area contributed by atoms with Crippen LogP contribution in [0.15, 0.2) is 34.9 Å². The molecule has 104 valence electrons. The summed E-state index contributed by atoms with van der Waals surface area (Å²) < 4.78 is 11.0. The van der Waals surface area contributed by atoms with E-state index in [1.165, 1.54) is 0 Å². The summed E-state index contributed by atoms with van der Waals surface area (Å²) in [4.78, 5) is 4.17. The Hall–Kier alpha value is -2.32. The fourth-order valence-corrected chi connectivity index (χ4v) is 1.73. The van der Waals surface area contributed by atoms with Crippen LogP contribution in [0.25, 0.3) is 0 Å². The summed E-state index contributed by atoms with van der Waals surface area (Å²) in [6.45, 7) is 5.09. The number of nitrogens with zero attached hydrogens (tertiary/aromatic N) is 2. The van der Waals surface area contributed by atoms with E-state index in [9.17, 15) is 0 Å². The largest absolute Gasteiger partial charge is 0.492 e. The first-order chi connectivity index (χ1) is 9.69. The van der Waals surface area contributed by atoms with Gasteiger partial charge in [-0.3, -0.25) is 0 Å². The molecule has 2 rings (SSSR count). The van der Waals surface area contributed by atoms with Gasteiger partial charge in [0.1, 0.15) is 18.1 Å². The van der Waals surface area contributed by atoms with E-state index in [4.69, 9.17) is 14.4 Å². The van der Waals surface area contributed by atoms with Gasteiger partial charge in [-0.2, -0.15) is 5.26 Å². The summed E-state index contributed by atoms with van der Waals surface area (Å²) >= 11 is 0. The molecule has 0 aliphatic carbocycles. The van der Waals surface area contributed by atoms with Crippen molar-refractivity contribution in [2.24, 2.45) is 0 Å². The summed E-state index contributed by atoms with van der Waals surface area (Å²) in [6, 6.07) is 9.18. The summed E-state index contributed by atoms with van der Waals surface area (Å²) in [7, 11) is 0. The van der Waals surface area contributed by atoms with E-state index >= 15 is 0 Å². The van der Waals surface area contributed by atoms with Gasteiger partial charge in [0.25, 0.3) is 0 Å². The Morgan fingerprint density at radius 1 is 1.40 bits per heavy atom. The molecule has 20 heavy (non-hydrogen) atoms. The number of oxazole rings is 1. The van der Waals surface area contributed by atoms with Gasteiger partial charge in [-0.1, -0.05) is 0 Å². The number of hydrogen-bond donors (Lipinski definition) is 1. The molecular weight excluding hydrogens is 254 g/mol. The molecule has 1 N–H and O–H groups in total. The van der Waals surface area contributed by atoms with E-state index in [-0.39, 0.29) is 6.04 Å². The van der Waals surface area contributed by atoms with Gasteiger partial charge in [-0.05, 0) is 38.1 Å². The van der Waals surface area contributed by atoms with Gasteiger partial charge in [0.2, 0.25) is 5.89 Å². The van der Waals surface area contributed by atoms with Gasteiger partial charge < -0.3 is 14.5 Å². The van der Waals surface area contributed by atoms with E-state index in [1.807, 2.05) is 13.8 Å². The highest BCUT2D eigenvalue weighted by Gasteiger charge is 2.09. The zero-order chi connectivity index (χ0) is 14.4. The summed E-state index contributed by atoms with van der Waals surface area (Å²) in [5.41, 5.74) is 0.628. The third-order valence-electron chi connectivity index (χ3n) is 2.81. The molecular formula is C15H17N3O2. The molecule has 0 radical (unpaired) electrons. The average molecular weight is 271 g/mol. The van der Waals surface area contributed by atoms with Crippen LogP contribution in [0.2, 0.25) is 0 Å². The van der Waals surface area contributed by atoms with Crippen molar-refractivity contribution < 1.29 is 9.15 Å². The second-order valence-electron chi connectivity index (χ2n) is 4.47. The zero-order valence-electron chi connectivity index (χ0n) is 11.6. The van der Waals surface area contributed by atoms with Gasteiger partial charge in [-0.25, -0.2) is 4.98 Å². The quantitative estimate of drug-likeness (QED) is 0.818. The maximum absolute atomic E-state index is 8.70. The van der Waals surface area contributed by atoms with E-state index in [0.717, 1.165) is 11.5 Å². The van der Waals surface area contributed by atoms with Crippen molar-refractivity contribution in [2.75, 3.05) is 13.2 Å². The average Bonchev–Trinajstić information content (AvgIpc) is 2.91. The Kier molecular flexibility index (Phi) is 4.75. The minimum Gasteiger partial charge on any atom is -0.492 e.